The molecule has 450 valence electrons. The molecule has 0 aliphatic carbocycles. The minimum atomic E-state index is -0.789. The maximum atomic E-state index is 12.9. The Labute approximate surface area is 484 Å². The summed E-state index contributed by atoms with van der Waals surface area (Å²) in [4.78, 5) is 38.4. The zero-order valence-electron chi connectivity index (χ0n) is 51.7. The number of ether oxygens (including phenoxy) is 3. The number of hydrogen-bond donors (Lipinski definition) is 0. The molecule has 0 amide bonds. The molecule has 0 aromatic rings. The predicted molar refractivity (Wildman–Crippen MR) is 339 cm³/mol. The molecule has 6 heteroatoms. The highest BCUT2D eigenvalue weighted by molar-refractivity contribution is 5.71. The van der Waals surface area contributed by atoms with Crippen LogP contribution in [0.3, 0.4) is 0 Å². The summed E-state index contributed by atoms with van der Waals surface area (Å²) in [7, 11) is 0. The maximum absolute atomic E-state index is 12.9. The first-order chi connectivity index (χ1) is 38.5. The fourth-order valence-corrected chi connectivity index (χ4v) is 9.66. The lowest BCUT2D eigenvalue weighted by Crippen LogP contribution is -2.30. The average molecular weight is 1090 g/mol. The van der Waals surface area contributed by atoms with Gasteiger partial charge in [-0.15, -0.1) is 0 Å². The second kappa shape index (κ2) is 66.1. The highest BCUT2D eigenvalue weighted by Crippen LogP contribution is 2.17. The molecule has 1 atom stereocenters. The quantitative estimate of drug-likeness (QED) is 0.0261. The summed E-state index contributed by atoms with van der Waals surface area (Å²) < 4.78 is 17.0. The minimum Gasteiger partial charge on any atom is -0.462 e. The van der Waals surface area contributed by atoms with Crippen LogP contribution in [0.5, 0.6) is 0 Å². The van der Waals surface area contributed by atoms with E-state index in [2.05, 4.69) is 106 Å². The molecular formula is C72H126O6. The molecule has 0 saturated heterocycles. The topological polar surface area (TPSA) is 78.9 Å². The molecule has 0 N–H and O–H groups in total. The second-order valence-corrected chi connectivity index (χ2v) is 22.4. The Morgan fingerprint density at radius 2 is 0.500 bits per heavy atom. The van der Waals surface area contributed by atoms with E-state index in [1.165, 1.54) is 186 Å². The Kier molecular flexibility index (Phi) is 63.2. The van der Waals surface area contributed by atoms with E-state index in [1.807, 2.05) is 0 Å². The number of allylic oxidation sites excluding steroid dienone is 14. The number of unbranched alkanes of at least 4 members (excludes halogenated alkanes) is 36. The van der Waals surface area contributed by atoms with Gasteiger partial charge in [-0.2, -0.15) is 0 Å². The van der Waals surface area contributed by atoms with Crippen molar-refractivity contribution in [1.29, 1.82) is 0 Å². The van der Waals surface area contributed by atoms with Gasteiger partial charge in [-0.3, -0.25) is 14.4 Å². The van der Waals surface area contributed by atoms with Crippen molar-refractivity contribution >= 4 is 17.9 Å². The van der Waals surface area contributed by atoms with Gasteiger partial charge in [0.25, 0.3) is 0 Å². The Morgan fingerprint density at radius 3 is 0.782 bits per heavy atom. The van der Waals surface area contributed by atoms with Crippen molar-refractivity contribution in [3.63, 3.8) is 0 Å². The Hall–Kier alpha value is -3.41. The first-order valence-corrected chi connectivity index (χ1v) is 33.6. The summed E-state index contributed by atoms with van der Waals surface area (Å²) >= 11 is 0. The van der Waals surface area contributed by atoms with Crippen LogP contribution in [0.4, 0.5) is 0 Å². The molecule has 0 rings (SSSR count). The molecule has 0 heterocycles. The van der Waals surface area contributed by atoms with Crippen LogP contribution in [-0.2, 0) is 28.6 Å². The molecule has 0 bridgehead atoms. The van der Waals surface area contributed by atoms with Crippen molar-refractivity contribution in [1.82, 2.24) is 0 Å². The number of carbonyl (C=O) groups excluding carboxylic acids is 3. The summed E-state index contributed by atoms with van der Waals surface area (Å²) in [5.41, 5.74) is 0. The van der Waals surface area contributed by atoms with Gasteiger partial charge in [-0.05, 0) is 77.0 Å². The van der Waals surface area contributed by atoms with E-state index in [1.54, 1.807) is 0 Å². The zero-order chi connectivity index (χ0) is 56.4. The van der Waals surface area contributed by atoms with E-state index in [9.17, 15) is 14.4 Å². The Bertz CT molecular complexity index is 1480. The molecular weight excluding hydrogens is 961 g/mol. The minimum absolute atomic E-state index is 0.0825. The second-order valence-electron chi connectivity index (χ2n) is 22.4. The first kappa shape index (κ1) is 74.6. The normalized spacial score (nSPS) is 12.6. The highest BCUT2D eigenvalue weighted by Gasteiger charge is 2.19. The van der Waals surface area contributed by atoms with Crippen LogP contribution in [0, 0.1) is 0 Å². The highest BCUT2D eigenvalue weighted by atomic mass is 16.6. The first-order valence-electron chi connectivity index (χ1n) is 33.6. The molecule has 0 aliphatic heterocycles. The molecule has 78 heavy (non-hydrogen) atoms. The van der Waals surface area contributed by atoms with Gasteiger partial charge in [0, 0.05) is 19.3 Å². The van der Waals surface area contributed by atoms with E-state index in [4.69, 9.17) is 14.2 Å². The Morgan fingerprint density at radius 1 is 0.269 bits per heavy atom. The smallest absolute Gasteiger partial charge is 0.306 e. The van der Waals surface area contributed by atoms with Gasteiger partial charge in [0.2, 0.25) is 0 Å². The van der Waals surface area contributed by atoms with E-state index in [-0.39, 0.29) is 31.1 Å². The zero-order valence-corrected chi connectivity index (χ0v) is 51.7. The van der Waals surface area contributed by atoms with Gasteiger partial charge in [-0.1, -0.05) is 324 Å². The molecule has 0 spiro atoms. The fraction of sp³-hybridized carbons (Fsp3) is 0.764. The molecule has 0 aliphatic rings. The lowest BCUT2D eigenvalue weighted by Gasteiger charge is -2.18. The lowest BCUT2D eigenvalue weighted by atomic mass is 10.0. The van der Waals surface area contributed by atoms with Crippen LogP contribution in [0.15, 0.2) is 85.1 Å². The van der Waals surface area contributed by atoms with E-state index in [0.29, 0.717) is 19.3 Å². The van der Waals surface area contributed by atoms with Crippen LogP contribution in [0.1, 0.15) is 335 Å². The summed E-state index contributed by atoms with van der Waals surface area (Å²) in [5.74, 6) is -0.897. The number of rotatable bonds is 61. The Balaban J connectivity index is 4.41. The van der Waals surface area contributed by atoms with E-state index in [0.717, 1.165) is 109 Å². The third kappa shape index (κ3) is 63.4. The largest absolute Gasteiger partial charge is 0.462 e. The van der Waals surface area contributed by atoms with Crippen molar-refractivity contribution < 1.29 is 28.6 Å². The average Bonchev–Trinajstić information content (AvgIpc) is 3.44. The molecule has 0 aromatic heterocycles. The van der Waals surface area contributed by atoms with Crippen molar-refractivity contribution in [2.24, 2.45) is 0 Å². The fourth-order valence-electron chi connectivity index (χ4n) is 9.66. The van der Waals surface area contributed by atoms with Crippen LogP contribution >= 0.6 is 0 Å². The molecule has 6 nitrogen and oxygen atoms in total. The third-order valence-corrected chi connectivity index (χ3v) is 14.7. The number of esters is 3. The van der Waals surface area contributed by atoms with Crippen molar-refractivity contribution in [2.75, 3.05) is 13.2 Å². The summed E-state index contributed by atoms with van der Waals surface area (Å²) in [5, 5.41) is 0. The summed E-state index contributed by atoms with van der Waals surface area (Å²) in [6, 6.07) is 0. The summed E-state index contributed by atoms with van der Waals surface area (Å²) in [6.07, 6.45) is 87.3. The SMILES string of the molecule is CC/C=C\C/C=C\C/C=C\C/C=C\C/C=C\C/C=C\C/C=C\CCCCCC(=O)OCC(COC(=O)CCCCCCCCCCCCCCCCCCC)OC(=O)CCCCCCCCCCCCCCCCCCCC. The van der Waals surface area contributed by atoms with Gasteiger partial charge in [0.1, 0.15) is 13.2 Å². The van der Waals surface area contributed by atoms with Crippen molar-refractivity contribution in [3.8, 4) is 0 Å². The van der Waals surface area contributed by atoms with Crippen LogP contribution in [0.25, 0.3) is 0 Å². The van der Waals surface area contributed by atoms with Gasteiger partial charge >= 0.3 is 17.9 Å². The van der Waals surface area contributed by atoms with Crippen molar-refractivity contribution in [3.05, 3.63) is 85.1 Å². The molecule has 0 aromatic carbocycles. The predicted octanol–water partition coefficient (Wildman–Crippen LogP) is 23.1. The van der Waals surface area contributed by atoms with Crippen molar-refractivity contribution in [2.45, 2.75) is 341 Å². The van der Waals surface area contributed by atoms with Crippen LogP contribution in [-0.4, -0.2) is 37.2 Å². The standard InChI is InChI=1S/C72H126O6/c1-4-7-10-13-16-19-22-25-28-31-33-34-35-36-37-38-39-42-44-47-50-53-56-59-62-65-71(74)77-68-69(67-76-70(73)64-61-58-55-52-49-46-43-40-30-27-24-21-18-15-12-9-6-3)78-72(75)66-63-60-57-54-51-48-45-41-32-29-26-23-20-17-14-11-8-5-2/h7,10,16,19,25,28,33-34,36-37,39,42,47,50,69H,4-6,8-9,11-15,17-18,20-24,26-27,29-32,35,38,40-41,43-46,48-49,51-68H2,1-3H3/b10-7-,19-16-,28-25-,34-33-,37-36-,42-39-,50-47-. The monoisotopic (exact) mass is 1090 g/mol. The molecule has 0 saturated carbocycles. The van der Waals surface area contributed by atoms with Gasteiger partial charge in [0.05, 0.1) is 0 Å². The lowest BCUT2D eigenvalue weighted by molar-refractivity contribution is -0.167. The number of hydrogen-bond acceptors (Lipinski definition) is 6. The third-order valence-electron chi connectivity index (χ3n) is 14.7. The molecule has 0 fully saturated rings. The van der Waals surface area contributed by atoms with Gasteiger partial charge in [0.15, 0.2) is 6.10 Å². The van der Waals surface area contributed by atoms with Gasteiger partial charge < -0.3 is 14.2 Å². The van der Waals surface area contributed by atoms with E-state index >= 15 is 0 Å². The van der Waals surface area contributed by atoms with E-state index < -0.39 is 6.10 Å². The molecule has 1 unspecified atom stereocenters. The van der Waals surface area contributed by atoms with Crippen LogP contribution < -0.4 is 0 Å². The van der Waals surface area contributed by atoms with Gasteiger partial charge in [-0.25, -0.2) is 0 Å². The summed E-state index contributed by atoms with van der Waals surface area (Å²) in [6.45, 7) is 6.55. The molecule has 0 radical (unpaired) electrons. The van der Waals surface area contributed by atoms with Crippen LogP contribution in [0.2, 0.25) is 0 Å². The maximum Gasteiger partial charge on any atom is 0.306 e. The number of carbonyl (C=O) groups is 3.